The first-order chi connectivity index (χ1) is 5.35. The average Bonchev–Trinajstić information content (AvgIpc) is 2.05. The van der Waals surface area contributed by atoms with E-state index in [1.807, 2.05) is 0 Å². The van der Waals surface area contributed by atoms with E-state index in [2.05, 4.69) is 13.8 Å². The molecule has 11 heavy (non-hydrogen) atoms. The van der Waals surface area contributed by atoms with Gasteiger partial charge in [0, 0.05) is 7.11 Å². The van der Waals surface area contributed by atoms with E-state index in [4.69, 9.17) is 9.16 Å². The van der Waals surface area contributed by atoms with E-state index in [1.165, 1.54) is 18.9 Å². The highest BCUT2D eigenvalue weighted by Gasteiger charge is 2.01. The van der Waals surface area contributed by atoms with Gasteiger partial charge in [-0.25, -0.2) is 0 Å². The molecule has 0 heterocycles. The van der Waals surface area contributed by atoms with Crippen LogP contribution in [0, 0.1) is 0 Å². The highest BCUT2D eigenvalue weighted by molar-refractivity contribution is 6.27. The second-order valence-corrected chi connectivity index (χ2v) is 4.10. The lowest BCUT2D eigenvalue weighted by molar-refractivity contribution is -0.0539. The van der Waals surface area contributed by atoms with E-state index in [9.17, 15) is 0 Å². The van der Waals surface area contributed by atoms with Gasteiger partial charge in [-0.3, -0.25) is 0 Å². The standard InChI is InChI=1S/C8H20O2Si/c1-4-6-7-11-10-8(5-2)9-3/h8H,4-7,11H2,1-3H3. The van der Waals surface area contributed by atoms with Crippen molar-refractivity contribution in [2.75, 3.05) is 7.11 Å². The average molecular weight is 176 g/mol. The zero-order valence-corrected chi connectivity index (χ0v) is 9.34. The molecule has 3 heteroatoms. The van der Waals surface area contributed by atoms with Gasteiger partial charge < -0.3 is 9.16 Å². The fraction of sp³-hybridized carbons (Fsp3) is 1.00. The van der Waals surface area contributed by atoms with Gasteiger partial charge in [-0.15, -0.1) is 0 Å². The van der Waals surface area contributed by atoms with Crippen LogP contribution in [0.2, 0.25) is 6.04 Å². The number of hydrogen-bond donors (Lipinski definition) is 0. The maximum Gasteiger partial charge on any atom is 0.165 e. The highest BCUT2D eigenvalue weighted by Crippen LogP contribution is 2.00. The number of methoxy groups -OCH3 is 1. The Morgan fingerprint density at radius 3 is 2.55 bits per heavy atom. The molecule has 1 unspecified atom stereocenters. The van der Waals surface area contributed by atoms with Crippen LogP contribution in [0.15, 0.2) is 0 Å². The molecular formula is C8H20O2Si. The maximum absolute atomic E-state index is 5.56. The first kappa shape index (κ1) is 11.1. The van der Waals surface area contributed by atoms with Gasteiger partial charge in [-0.1, -0.05) is 26.7 Å². The quantitative estimate of drug-likeness (QED) is 0.334. The molecule has 0 saturated heterocycles. The molecule has 68 valence electrons. The topological polar surface area (TPSA) is 18.5 Å². The van der Waals surface area contributed by atoms with Crippen LogP contribution < -0.4 is 0 Å². The van der Waals surface area contributed by atoms with Crippen molar-refractivity contribution in [2.24, 2.45) is 0 Å². The predicted octanol–water partition coefficient (Wildman–Crippen LogP) is 1.69. The van der Waals surface area contributed by atoms with Gasteiger partial charge in [-0.05, 0) is 12.5 Å². The third-order valence-electron chi connectivity index (χ3n) is 1.65. The van der Waals surface area contributed by atoms with Gasteiger partial charge in [0.1, 0.15) is 6.29 Å². The first-order valence-corrected chi connectivity index (χ1v) is 6.07. The minimum atomic E-state index is -0.294. The van der Waals surface area contributed by atoms with E-state index in [0.717, 1.165) is 6.42 Å². The fourth-order valence-corrected chi connectivity index (χ4v) is 2.42. The molecule has 2 nitrogen and oxygen atoms in total. The summed E-state index contributed by atoms with van der Waals surface area (Å²) < 4.78 is 10.7. The van der Waals surface area contributed by atoms with Crippen molar-refractivity contribution in [3.8, 4) is 0 Å². The zero-order chi connectivity index (χ0) is 8.53. The van der Waals surface area contributed by atoms with Crippen LogP contribution in [0.1, 0.15) is 33.1 Å². The molecule has 0 aliphatic heterocycles. The van der Waals surface area contributed by atoms with Gasteiger partial charge in [0.05, 0.1) is 0 Å². The van der Waals surface area contributed by atoms with Crippen LogP contribution in [-0.2, 0) is 9.16 Å². The Bertz CT molecular complexity index is 74.5. The molecule has 0 aromatic rings. The summed E-state index contributed by atoms with van der Waals surface area (Å²) in [5.74, 6) is 0. The lowest BCUT2D eigenvalue weighted by atomic mass is 10.4. The zero-order valence-electron chi connectivity index (χ0n) is 7.93. The van der Waals surface area contributed by atoms with Crippen molar-refractivity contribution in [3.05, 3.63) is 0 Å². The molecule has 0 amide bonds. The minimum absolute atomic E-state index is 0.0681. The number of hydrogen-bond acceptors (Lipinski definition) is 2. The molecule has 0 aromatic heterocycles. The fourth-order valence-electron chi connectivity index (χ4n) is 0.919. The molecule has 0 bridgehead atoms. The molecule has 0 aromatic carbocycles. The third-order valence-corrected chi connectivity index (χ3v) is 3.04. The second kappa shape index (κ2) is 8.24. The SMILES string of the molecule is CCCC[SiH2]OC(CC)OC. The van der Waals surface area contributed by atoms with Crippen molar-refractivity contribution in [1.82, 2.24) is 0 Å². The molecule has 0 rings (SSSR count). The minimum Gasteiger partial charge on any atom is -0.400 e. The smallest absolute Gasteiger partial charge is 0.165 e. The first-order valence-electron chi connectivity index (χ1n) is 4.49. The normalized spacial score (nSPS) is 14.5. The molecule has 1 atom stereocenters. The lowest BCUT2D eigenvalue weighted by Crippen LogP contribution is -2.16. The van der Waals surface area contributed by atoms with E-state index in [1.54, 1.807) is 7.11 Å². The number of rotatable bonds is 7. The molecule has 0 fully saturated rings. The summed E-state index contributed by atoms with van der Waals surface area (Å²) in [7, 11) is 1.42. The molecular weight excluding hydrogens is 156 g/mol. The number of ether oxygens (including phenoxy) is 1. The summed E-state index contributed by atoms with van der Waals surface area (Å²) in [6, 6.07) is 1.29. The summed E-state index contributed by atoms with van der Waals surface area (Å²) in [4.78, 5) is 0. The van der Waals surface area contributed by atoms with Crippen LogP contribution in [0.3, 0.4) is 0 Å². The van der Waals surface area contributed by atoms with Crippen molar-refractivity contribution >= 4 is 9.76 Å². The largest absolute Gasteiger partial charge is 0.400 e. The van der Waals surface area contributed by atoms with Crippen LogP contribution in [-0.4, -0.2) is 23.2 Å². The molecule has 0 saturated carbocycles. The third kappa shape index (κ3) is 6.53. The van der Waals surface area contributed by atoms with Crippen LogP contribution >= 0.6 is 0 Å². The summed E-state index contributed by atoms with van der Waals surface area (Å²) in [6.07, 6.45) is 3.63. The monoisotopic (exact) mass is 176 g/mol. The summed E-state index contributed by atoms with van der Waals surface area (Å²) in [5, 5.41) is 0. The number of unbranched alkanes of at least 4 members (excludes halogenated alkanes) is 1. The summed E-state index contributed by atoms with van der Waals surface area (Å²) >= 11 is 0. The molecule has 0 radical (unpaired) electrons. The van der Waals surface area contributed by atoms with Crippen molar-refractivity contribution in [2.45, 2.75) is 45.4 Å². The Morgan fingerprint density at radius 2 is 2.09 bits per heavy atom. The van der Waals surface area contributed by atoms with Crippen molar-refractivity contribution in [1.29, 1.82) is 0 Å². The Balaban J connectivity index is 3.07. The van der Waals surface area contributed by atoms with Crippen molar-refractivity contribution in [3.63, 3.8) is 0 Å². The molecule has 0 aliphatic rings. The van der Waals surface area contributed by atoms with Gasteiger partial charge in [-0.2, -0.15) is 0 Å². The Hall–Kier alpha value is 0.137. The maximum atomic E-state index is 5.56. The van der Waals surface area contributed by atoms with Gasteiger partial charge >= 0.3 is 0 Å². The summed E-state index contributed by atoms with van der Waals surface area (Å²) in [6.45, 7) is 4.30. The van der Waals surface area contributed by atoms with Gasteiger partial charge in [0.2, 0.25) is 0 Å². The summed E-state index contributed by atoms with van der Waals surface area (Å²) in [5.41, 5.74) is 0. The molecule has 0 spiro atoms. The lowest BCUT2D eigenvalue weighted by Gasteiger charge is -2.13. The van der Waals surface area contributed by atoms with Gasteiger partial charge in [0.25, 0.3) is 0 Å². The molecule has 0 aliphatic carbocycles. The van der Waals surface area contributed by atoms with Gasteiger partial charge in [0.15, 0.2) is 9.76 Å². The van der Waals surface area contributed by atoms with Crippen LogP contribution in [0.4, 0.5) is 0 Å². The Labute approximate surface area is 72.2 Å². The Kier molecular flexibility index (Phi) is 8.34. The molecule has 0 N–H and O–H groups in total. The predicted molar refractivity (Wildman–Crippen MR) is 50.4 cm³/mol. The van der Waals surface area contributed by atoms with E-state index >= 15 is 0 Å². The van der Waals surface area contributed by atoms with Crippen LogP contribution in [0.25, 0.3) is 0 Å². The van der Waals surface area contributed by atoms with Crippen LogP contribution in [0.5, 0.6) is 0 Å². The second-order valence-electron chi connectivity index (χ2n) is 2.65. The van der Waals surface area contributed by atoms with E-state index in [0.29, 0.717) is 0 Å². The van der Waals surface area contributed by atoms with E-state index < -0.39 is 0 Å². The van der Waals surface area contributed by atoms with Crippen molar-refractivity contribution < 1.29 is 9.16 Å². The highest BCUT2D eigenvalue weighted by atomic mass is 28.2. The van der Waals surface area contributed by atoms with E-state index in [-0.39, 0.29) is 16.1 Å². The Morgan fingerprint density at radius 1 is 1.36 bits per heavy atom.